The van der Waals surface area contributed by atoms with Crippen LogP contribution >= 0.6 is 11.3 Å². The number of hydrogen-bond acceptors (Lipinski definition) is 7. The Labute approximate surface area is 218 Å². The maximum Gasteiger partial charge on any atom is 0.262 e. The molecule has 1 N–H and O–H groups in total. The average molecular weight is 517 g/mol. The van der Waals surface area contributed by atoms with Crippen molar-refractivity contribution in [1.82, 2.24) is 15.0 Å². The Hall–Kier alpha value is -3.98. The molecular weight excluding hydrogens is 488 g/mol. The smallest absolute Gasteiger partial charge is 0.262 e. The molecule has 5 rings (SSSR count). The van der Waals surface area contributed by atoms with Gasteiger partial charge in [-0.1, -0.05) is 30.3 Å². The Morgan fingerprint density at radius 2 is 2.00 bits per heavy atom. The second kappa shape index (κ2) is 11.4. The fourth-order valence-electron chi connectivity index (χ4n) is 4.47. The molecule has 8 nitrogen and oxygen atoms in total. The predicted octanol–water partition coefficient (Wildman–Crippen LogP) is 4.12. The number of aromatic nitrogens is 2. The first-order valence-electron chi connectivity index (χ1n) is 12.3. The fraction of sp³-hybridized carbons (Fsp3) is 0.286. The number of aryl methyl sites for hydroxylation is 2. The second-order valence-electron chi connectivity index (χ2n) is 8.86. The zero-order valence-corrected chi connectivity index (χ0v) is 21.4. The molecule has 2 aromatic carbocycles. The molecule has 0 fully saturated rings. The monoisotopic (exact) mass is 516 g/mol. The minimum absolute atomic E-state index is 0.152. The van der Waals surface area contributed by atoms with Crippen molar-refractivity contribution in [2.45, 2.75) is 38.6 Å². The number of rotatable bonds is 9. The molecule has 2 heterocycles. The van der Waals surface area contributed by atoms with Gasteiger partial charge in [0, 0.05) is 11.3 Å². The number of ether oxygens (including phenoxy) is 2. The largest absolute Gasteiger partial charge is 0.493 e. The predicted molar refractivity (Wildman–Crippen MR) is 145 cm³/mol. The van der Waals surface area contributed by atoms with Crippen LogP contribution in [0.1, 0.15) is 34.4 Å². The van der Waals surface area contributed by atoms with Crippen LogP contribution in [-0.4, -0.2) is 35.4 Å². The molecule has 1 aliphatic rings. The standard InChI is InChI=1S/C28H28N4O4S/c1-35-23-15-20(11-12-22(23)36-14-13-19-7-3-2-4-8-19)16-30-31-25(33)17-32-18-29-27-26(28(32)34)21-9-5-6-10-24(21)37-27/h2-4,7-8,11-12,15-16,18H,5-6,9-10,13-14,17H2,1H3,(H,31,33). The van der Waals surface area contributed by atoms with E-state index < -0.39 is 5.91 Å². The molecule has 0 radical (unpaired) electrons. The van der Waals surface area contributed by atoms with Gasteiger partial charge in [-0.25, -0.2) is 10.4 Å². The summed E-state index contributed by atoms with van der Waals surface area (Å²) in [7, 11) is 1.58. The van der Waals surface area contributed by atoms with Gasteiger partial charge in [0.25, 0.3) is 11.5 Å². The summed E-state index contributed by atoms with van der Waals surface area (Å²) in [6.07, 6.45) is 7.87. The van der Waals surface area contributed by atoms with Crippen molar-refractivity contribution in [3.8, 4) is 11.5 Å². The first-order valence-corrected chi connectivity index (χ1v) is 13.1. The third-order valence-corrected chi connectivity index (χ3v) is 7.54. The lowest BCUT2D eigenvalue weighted by Crippen LogP contribution is -2.30. The van der Waals surface area contributed by atoms with Crippen LogP contribution < -0.4 is 20.5 Å². The lowest BCUT2D eigenvalue weighted by Gasteiger charge is -2.11. The topological polar surface area (TPSA) is 94.8 Å². The van der Waals surface area contributed by atoms with Gasteiger partial charge >= 0.3 is 0 Å². The van der Waals surface area contributed by atoms with Crippen molar-refractivity contribution >= 4 is 33.7 Å². The Kier molecular flexibility index (Phi) is 7.60. The van der Waals surface area contributed by atoms with Crippen LogP contribution in [0.3, 0.4) is 0 Å². The summed E-state index contributed by atoms with van der Waals surface area (Å²) in [4.78, 5) is 32.0. The van der Waals surface area contributed by atoms with E-state index >= 15 is 0 Å². The molecule has 190 valence electrons. The quantitative estimate of drug-likeness (QED) is 0.267. The van der Waals surface area contributed by atoms with Gasteiger partial charge in [-0.15, -0.1) is 11.3 Å². The summed E-state index contributed by atoms with van der Waals surface area (Å²) in [5, 5.41) is 4.71. The maximum absolute atomic E-state index is 13.0. The number of fused-ring (bicyclic) bond motifs is 3. The van der Waals surface area contributed by atoms with Crippen molar-refractivity contribution in [2.75, 3.05) is 13.7 Å². The highest BCUT2D eigenvalue weighted by Crippen LogP contribution is 2.33. The van der Waals surface area contributed by atoms with E-state index in [4.69, 9.17) is 9.47 Å². The summed E-state index contributed by atoms with van der Waals surface area (Å²) in [6.45, 7) is 0.374. The summed E-state index contributed by atoms with van der Waals surface area (Å²) in [6, 6.07) is 15.6. The molecule has 0 unspecified atom stereocenters. The number of amides is 1. The first kappa shape index (κ1) is 24.7. The van der Waals surface area contributed by atoms with E-state index in [1.165, 1.54) is 27.5 Å². The molecule has 0 atom stereocenters. The Bertz CT molecular complexity index is 1490. The Balaban J connectivity index is 1.19. The van der Waals surface area contributed by atoms with Crippen molar-refractivity contribution in [3.63, 3.8) is 0 Å². The highest BCUT2D eigenvalue weighted by Gasteiger charge is 2.20. The third kappa shape index (κ3) is 5.72. The van der Waals surface area contributed by atoms with Crippen molar-refractivity contribution in [2.24, 2.45) is 5.10 Å². The molecule has 0 saturated heterocycles. The van der Waals surface area contributed by atoms with Crippen LogP contribution in [0.15, 0.2) is 64.8 Å². The van der Waals surface area contributed by atoms with Gasteiger partial charge in [0.15, 0.2) is 11.5 Å². The molecule has 1 aliphatic carbocycles. The zero-order chi connectivity index (χ0) is 25.6. The minimum atomic E-state index is -0.406. The van der Waals surface area contributed by atoms with Crippen LogP contribution in [0.25, 0.3) is 10.2 Å². The van der Waals surface area contributed by atoms with Crippen LogP contribution in [0.4, 0.5) is 0 Å². The molecule has 0 bridgehead atoms. The van der Waals surface area contributed by atoms with Crippen molar-refractivity contribution in [3.05, 3.63) is 86.8 Å². The number of nitrogens with zero attached hydrogens (tertiary/aromatic N) is 3. The molecule has 1 amide bonds. The van der Waals surface area contributed by atoms with Crippen molar-refractivity contribution < 1.29 is 14.3 Å². The van der Waals surface area contributed by atoms with E-state index in [-0.39, 0.29) is 12.1 Å². The van der Waals surface area contributed by atoms with E-state index in [1.807, 2.05) is 30.3 Å². The van der Waals surface area contributed by atoms with Crippen LogP contribution in [0, 0.1) is 0 Å². The highest BCUT2D eigenvalue weighted by molar-refractivity contribution is 7.18. The Morgan fingerprint density at radius 3 is 2.84 bits per heavy atom. The first-order chi connectivity index (χ1) is 18.1. The number of hydrazone groups is 1. The van der Waals surface area contributed by atoms with E-state index in [9.17, 15) is 9.59 Å². The molecule has 0 spiro atoms. The molecule has 2 aromatic heterocycles. The summed E-state index contributed by atoms with van der Waals surface area (Å²) in [5.74, 6) is 0.808. The maximum atomic E-state index is 13.0. The number of thiophene rings is 1. The minimum Gasteiger partial charge on any atom is -0.493 e. The lowest BCUT2D eigenvalue weighted by atomic mass is 9.97. The van der Waals surface area contributed by atoms with E-state index in [0.29, 0.717) is 23.5 Å². The second-order valence-corrected chi connectivity index (χ2v) is 9.94. The zero-order valence-electron chi connectivity index (χ0n) is 20.6. The van der Waals surface area contributed by atoms with Gasteiger partial charge in [0.05, 0.1) is 31.6 Å². The highest BCUT2D eigenvalue weighted by atomic mass is 32.1. The van der Waals surface area contributed by atoms with Gasteiger partial charge in [0.2, 0.25) is 0 Å². The molecule has 0 saturated carbocycles. The molecular formula is C28H28N4O4S. The van der Waals surface area contributed by atoms with Gasteiger partial charge < -0.3 is 9.47 Å². The van der Waals surface area contributed by atoms with E-state index in [2.05, 4.69) is 27.6 Å². The summed E-state index contributed by atoms with van der Waals surface area (Å²) in [5.41, 5.74) is 5.36. The third-order valence-electron chi connectivity index (χ3n) is 6.34. The number of methoxy groups -OCH3 is 1. The van der Waals surface area contributed by atoms with Gasteiger partial charge in [0.1, 0.15) is 11.4 Å². The van der Waals surface area contributed by atoms with Crippen molar-refractivity contribution in [1.29, 1.82) is 0 Å². The Morgan fingerprint density at radius 1 is 1.16 bits per heavy atom. The fourth-order valence-corrected chi connectivity index (χ4v) is 5.69. The average Bonchev–Trinajstić information content (AvgIpc) is 3.31. The molecule has 4 aromatic rings. The normalized spacial score (nSPS) is 13.0. The van der Waals surface area contributed by atoms with Gasteiger partial charge in [-0.3, -0.25) is 14.2 Å². The SMILES string of the molecule is COc1cc(C=NNC(=O)Cn2cnc3sc4c(c3c2=O)CCCC4)ccc1OCCc1ccccc1. The number of carbonyl (C=O) groups excluding carboxylic acids is 1. The lowest BCUT2D eigenvalue weighted by molar-refractivity contribution is -0.121. The number of benzene rings is 2. The van der Waals surface area contributed by atoms with E-state index in [0.717, 1.165) is 48.1 Å². The summed E-state index contributed by atoms with van der Waals surface area (Å²) >= 11 is 1.59. The number of nitrogens with one attached hydrogen (secondary N) is 1. The van der Waals surface area contributed by atoms with Gasteiger partial charge in [-0.05, 0) is 60.6 Å². The summed E-state index contributed by atoms with van der Waals surface area (Å²) < 4.78 is 12.7. The van der Waals surface area contributed by atoms with Gasteiger partial charge in [-0.2, -0.15) is 5.10 Å². The molecule has 9 heteroatoms. The van der Waals surface area contributed by atoms with E-state index in [1.54, 1.807) is 24.5 Å². The number of carbonyl (C=O) groups is 1. The molecule has 0 aliphatic heterocycles. The number of hydrogen-bond donors (Lipinski definition) is 1. The molecule has 37 heavy (non-hydrogen) atoms. The van der Waals surface area contributed by atoms with Crippen LogP contribution in [0.2, 0.25) is 0 Å². The van der Waals surface area contributed by atoms with Crippen LogP contribution in [-0.2, 0) is 30.6 Å². The van der Waals surface area contributed by atoms with Crippen LogP contribution in [0.5, 0.6) is 11.5 Å².